The van der Waals surface area contributed by atoms with Crippen LogP contribution >= 0.6 is 0 Å². The maximum atomic E-state index is 11.9. The average Bonchev–Trinajstić information content (AvgIpc) is 2.50. The van der Waals surface area contributed by atoms with Gasteiger partial charge in [-0.05, 0) is 57.0 Å². The van der Waals surface area contributed by atoms with Crippen molar-refractivity contribution in [3.63, 3.8) is 0 Å². The molecule has 1 fully saturated rings. The van der Waals surface area contributed by atoms with Crippen molar-refractivity contribution in [1.82, 2.24) is 10.6 Å². The summed E-state index contributed by atoms with van der Waals surface area (Å²) in [5.41, 5.74) is 1.25. The summed E-state index contributed by atoms with van der Waals surface area (Å²) in [5.74, 6) is -0.0101. The number of carbonyl (C=O) groups is 1. The van der Waals surface area contributed by atoms with E-state index in [0.29, 0.717) is 24.8 Å². The summed E-state index contributed by atoms with van der Waals surface area (Å²) >= 11 is 0. The summed E-state index contributed by atoms with van der Waals surface area (Å²) in [6.07, 6.45) is 3.29. The second-order valence-corrected chi connectivity index (χ2v) is 5.43. The molecule has 1 aliphatic rings. The van der Waals surface area contributed by atoms with E-state index in [1.54, 1.807) is 19.1 Å². The first kappa shape index (κ1) is 15.8. The number of aryl methyl sites for hydroxylation is 1. The van der Waals surface area contributed by atoms with Gasteiger partial charge in [0.05, 0.1) is 6.10 Å². The van der Waals surface area contributed by atoms with Crippen molar-refractivity contribution in [1.29, 1.82) is 0 Å². The summed E-state index contributed by atoms with van der Waals surface area (Å²) < 4.78 is 5.77. The van der Waals surface area contributed by atoms with Crippen molar-refractivity contribution < 1.29 is 14.6 Å². The number of nitrogens with one attached hydrogen (secondary N) is 2. The average molecular weight is 292 g/mol. The smallest absolute Gasteiger partial charge is 0.251 e. The van der Waals surface area contributed by atoms with Crippen LogP contribution in [-0.4, -0.2) is 43.4 Å². The van der Waals surface area contributed by atoms with Crippen LogP contribution in [0.4, 0.5) is 0 Å². The third-order valence-corrected chi connectivity index (χ3v) is 3.72. The number of phenols is 1. The number of phenolic OH excluding ortho intramolecular Hbond substituents is 1. The van der Waals surface area contributed by atoms with E-state index < -0.39 is 0 Å². The summed E-state index contributed by atoms with van der Waals surface area (Å²) in [4.78, 5) is 11.9. The van der Waals surface area contributed by atoms with Crippen LogP contribution in [0.5, 0.6) is 5.75 Å². The lowest BCUT2D eigenvalue weighted by Crippen LogP contribution is -2.33. The SMILES string of the molecule is Cc1ccc(C(=O)NCCCOC2CCNCC2)cc1O. The fourth-order valence-corrected chi connectivity index (χ4v) is 2.34. The molecule has 0 atom stereocenters. The van der Waals surface area contributed by atoms with Gasteiger partial charge in [-0.25, -0.2) is 0 Å². The molecule has 1 saturated heterocycles. The highest BCUT2D eigenvalue weighted by Crippen LogP contribution is 2.17. The molecule has 21 heavy (non-hydrogen) atoms. The Morgan fingerprint density at radius 2 is 2.19 bits per heavy atom. The second kappa shape index (κ2) is 8.00. The first-order chi connectivity index (χ1) is 10.2. The fourth-order valence-electron chi connectivity index (χ4n) is 2.34. The Morgan fingerprint density at radius 3 is 2.90 bits per heavy atom. The first-order valence-corrected chi connectivity index (χ1v) is 7.57. The molecule has 0 unspecified atom stereocenters. The third kappa shape index (κ3) is 5.02. The van der Waals surface area contributed by atoms with E-state index in [0.717, 1.165) is 37.9 Å². The Morgan fingerprint density at radius 1 is 1.43 bits per heavy atom. The molecule has 5 heteroatoms. The zero-order chi connectivity index (χ0) is 15.1. The molecule has 116 valence electrons. The predicted molar refractivity (Wildman–Crippen MR) is 81.6 cm³/mol. The van der Waals surface area contributed by atoms with Gasteiger partial charge in [-0.15, -0.1) is 0 Å². The van der Waals surface area contributed by atoms with Crippen LogP contribution in [0, 0.1) is 6.92 Å². The molecule has 0 bridgehead atoms. The van der Waals surface area contributed by atoms with Crippen LogP contribution in [0.2, 0.25) is 0 Å². The highest BCUT2D eigenvalue weighted by Gasteiger charge is 2.12. The number of piperidine rings is 1. The van der Waals surface area contributed by atoms with E-state index >= 15 is 0 Å². The van der Waals surface area contributed by atoms with Gasteiger partial charge in [-0.1, -0.05) is 6.07 Å². The minimum absolute atomic E-state index is 0.150. The molecular formula is C16H24N2O3. The Bertz CT molecular complexity index is 471. The zero-order valence-electron chi connectivity index (χ0n) is 12.5. The van der Waals surface area contributed by atoms with Crippen molar-refractivity contribution in [3.8, 4) is 5.75 Å². The molecule has 2 rings (SSSR count). The van der Waals surface area contributed by atoms with Gasteiger partial charge in [-0.3, -0.25) is 4.79 Å². The number of hydrogen-bond acceptors (Lipinski definition) is 4. The van der Waals surface area contributed by atoms with E-state index in [1.807, 2.05) is 0 Å². The minimum Gasteiger partial charge on any atom is -0.508 e. The quantitative estimate of drug-likeness (QED) is 0.696. The highest BCUT2D eigenvalue weighted by atomic mass is 16.5. The van der Waals surface area contributed by atoms with Gasteiger partial charge in [0.25, 0.3) is 5.91 Å². The number of hydrogen-bond donors (Lipinski definition) is 3. The van der Waals surface area contributed by atoms with Gasteiger partial charge in [0.2, 0.25) is 0 Å². The normalized spacial score (nSPS) is 15.9. The number of carbonyl (C=O) groups excluding carboxylic acids is 1. The molecule has 1 aliphatic heterocycles. The number of ether oxygens (including phenoxy) is 1. The molecule has 0 aromatic heterocycles. The predicted octanol–water partition coefficient (Wildman–Crippen LogP) is 1.59. The Hall–Kier alpha value is -1.59. The largest absolute Gasteiger partial charge is 0.508 e. The minimum atomic E-state index is -0.160. The molecule has 5 nitrogen and oxygen atoms in total. The standard InChI is InChI=1S/C16H24N2O3/c1-12-3-4-13(11-15(12)19)16(20)18-7-2-10-21-14-5-8-17-9-6-14/h3-4,11,14,17,19H,2,5-10H2,1H3,(H,18,20). The van der Waals surface area contributed by atoms with Crippen molar-refractivity contribution in [2.75, 3.05) is 26.2 Å². The van der Waals surface area contributed by atoms with E-state index in [9.17, 15) is 9.90 Å². The molecule has 0 aliphatic carbocycles. The molecule has 1 aromatic rings. The van der Waals surface area contributed by atoms with Gasteiger partial charge in [0.1, 0.15) is 5.75 Å². The number of benzene rings is 1. The molecule has 1 heterocycles. The van der Waals surface area contributed by atoms with Gasteiger partial charge in [0, 0.05) is 18.7 Å². The second-order valence-electron chi connectivity index (χ2n) is 5.43. The van der Waals surface area contributed by atoms with E-state index in [4.69, 9.17) is 4.74 Å². The van der Waals surface area contributed by atoms with E-state index in [1.165, 1.54) is 6.07 Å². The maximum absolute atomic E-state index is 11.9. The summed E-state index contributed by atoms with van der Waals surface area (Å²) in [5, 5.41) is 15.7. The number of rotatable bonds is 6. The molecule has 0 spiro atoms. The van der Waals surface area contributed by atoms with Gasteiger partial charge >= 0.3 is 0 Å². The molecule has 3 N–H and O–H groups in total. The van der Waals surface area contributed by atoms with Crippen molar-refractivity contribution in [2.45, 2.75) is 32.3 Å². The van der Waals surface area contributed by atoms with E-state index in [2.05, 4.69) is 10.6 Å². The Balaban J connectivity index is 1.63. The molecule has 1 aromatic carbocycles. The maximum Gasteiger partial charge on any atom is 0.251 e. The van der Waals surface area contributed by atoms with Gasteiger partial charge in [-0.2, -0.15) is 0 Å². The molecule has 0 saturated carbocycles. The highest BCUT2D eigenvalue weighted by molar-refractivity contribution is 5.94. The fraction of sp³-hybridized carbons (Fsp3) is 0.562. The lowest BCUT2D eigenvalue weighted by atomic mass is 10.1. The van der Waals surface area contributed by atoms with Crippen molar-refractivity contribution >= 4 is 5.91 Å². The molecular weight excluding hydrogens is 268 g/mol. The molecule has 1 amide bonds. The lowest BCUT2D eigenvalue weighted by molar-refractivity contribution is 0.0318. The van der Waals surface area contributed by atoms with Crippen LogP contribution in [0.3, 0.4) is 0 Å². The van der Waals surface area contributed by atoms with Crippen LogP contribution in [-0.2, 0) is 4.74 Å². The topological polar surface area (TPSA) is 70.6 Å². The van der Waals surface area contributed by atoms with Gasteiger partial charge in [0.15, 0.2) is 0 Å². The van der Waals surface area contributed by atoms with E-state index in [-0.39, 0.29) is 11.7 Å². The van der Waals surface area contributed by atoms with Gasteiger partial charge < -0.3 is 20.5 Å². The monoisotopic (exact) mass is 292 g/mol. The first-order valence-electron chi connectivity index (χ1n) is 7.57. The van der Waals surface area contributed by atoms with Crippen LogP contribution in [0.15, 0.2) is 18.2 Å². The molecule has 0 radical (unpaired) electrons. The Kier molecular flexibility index (Phi) is 6.02. The van der Waals surface area contributed by atoms with Crippen LogP contribution < -0.4 is 10.6 Å². The number of amides is 1. The van der Waals surface area contributed by atoms with Crippen molar-refractivity contribution in [3.05, 3.63) is 29.3 Å². The third-order valence-electron chi connectivity index (χ3n) is 3.72. The summed E-state index contributed by atoms with van der Waals surface area (Å²) in [6, 6.07) is 4.95. The van der Waals surface area contributed by atoms with Crippen LogP contribution in [0.1, 0.15) is 35.2 Å². The lowest BCUT2D eigenvalue weighted by Gasteiger charge is -2.22. The zero-order valence-corrected chi connectivity index (χ0v) is 12.5. The Labute approximate surface area is 125 Å². The van der Waals surface area contributed by atoms with Crippen molar-refractivity contribution in [2.24, 2.45) is 0 Å². The van der Waals surface area contributed by atoms with Crippen LogP contribution in [0.25, 0.3) is 0 Å². The summed E-state index contributed by atoms with van der Waals surface area (Å²) in [6.45, 7) is 5.11. The number of aromatic hydroxyl groups is 1. The summed E-state index contributed by atoms with van der Waals surface area (Å²) in [7, 11) is 0.